The van der Waals surface area contributed by atoms with E-state index in [1.54, 1.807) is 24.3 Å². The molecule has 11 heteroatoms. The fourth-order valence-electron chi connectivity index (χ4n) is 4.92. The molecule has 4 aromatic rings. The van der Waals surface area contributed by atoms with E-state index in [0.717, 1.165) is 16.4 Å². The molecule has 0 radical (unpaired) electrons. The predicted octanol–water partition coefficient (Wildman–Crippen LogP) is 6.49. The Morgan fingerprint density at radius 2 is 1.71 bits per heavy atom. The van der Waals surface area contributed by atoms with E-state index in [2.05, 4.69) is 5.10 Å². The Labute approximate surface area is 212 Å². The Morgan fingerprint density at radius 3 is 2.34 bits per heavy atom. The maximum absolute atomic E-state index is 14.5. The number of carbonyl (C=O) groups is 1. The van der Waals surface area contributed by atoms with Crippen LogP contribution in [0.15, 0.2) is 54.6 Å². The van der Waals surface area contributed by atoms with E-state index in [1.165, 1.54) is 12.1 Å². The maximum Gasteiger partial charge on any atom is 0.418 e. The number of nitrogens with zero attached hydrogens (tertiary/aromatic N) is 3. The number of fused-ring (bicyclic) bond motifs is 1. The fourth-order valence-corrected chi connectivity index (χ4v) is 4.92. The SMILES string of the molecule is O=C(O)C1CCCN(c2ccc(-c3c4cccc(C(F)(F)F)c4nn3Cc3c(F)cc(F)cc3F)cc2)C1. The fraction of sp³-hybridized carbons (Fsp3) is 0.259. The van der Waals surface area contributed by atoms with Crippen LogP contribution in [0.1, 0.15) is 24.0 Å². The van der Waals surface area contributed by atoms with Crippen LogP contribution in [0.4, 0.5) is 32.0 Å². The van der Waals surface area contributed by atoms with Crippen LogP contribution >= 0.6 is 0 Å². The lowest BCUT2D eigenvalue weighted by atomic mass is 9.97. The summed E-state index contributed by atoms with van der Waals surface area (Å²) >= 11 is 0. The van der Waals surface area contributed by atoms with Crippen molar-refractivity contribution in [2.45, 2.75) is 25.6 Å². The Hall–Kier alpha value is -4.02. The van der Waals surface area contributed by atoms with Crippen molar-refractivity contribution in [1.29, 1.82) is 0 Å². The van der Waals surface area contributed by atoms with Gasteiger partial charge in [-0.2, -0.15) is 18.3 Å². The highest BCUT2D eigenvalue weighted by Crippen LogP contribution is 2.39. The van der Waals surface area contributed by atoms with Crippen molar-refractivity contribution < 1.29 is 36.2 Å². The molecule has 0 bridgehead atoms. The Balaban J connectivity index is 1.61. The molecule has 5 rings (SSSR count). The van der Waals surface area contributed by atoms with Crippen molar-refractivity contribution >= 4 is 22.6 Å². The first-order chi connectivity index (χ1) is 18.0. The molecule has 0 aliphatic carbocycles. The van der Waals surface area contributed by atoms with Crippen molar-refractivity contribution in [2.75, 3.05) is 18.0 Å². The van der Waals surface area contributed by atoms with E-state index in [4.69, 9.17) is 0 Å². The van der Waals surface area contributed by atoms with E-state index < -0.39 is 53.2 Å². The molecule has 0 saturated carbocycles. The second kappa shape index (κ2) is 9.70. The molecule has 1 saturated heterocycles. The average molecular weight is 533 g/mol. The molecule has 3 aromatic carbocycles. The molecule has 5 nitrogen and oxygen atoms in total. The minimum absolute atomic E-state index is 0.124. The summed E-state index contributed by atoms with van der Waals surface area (Å²) in [4.78, 5) is 13.3. The summed E-state index contributed by atoms with van der Waals surface area (Å²) in [6, 6.07) is 11.3. The van der Waals surface area contributed by atoms with Crippen LogP contribution in [-0.2, 0) is 17.5 Å². The first-order valence-corrected chi connectivity index (χ1v) is 11.8. The van der Waals surface area contributed by atoms with Crippen molar-refractivity contribution in [1.82, 2.24) is 9.78 Å². The van der Waals surface area contributed by atoms with Gasteiger partial charge >= 0.3 is 12.1 Å². The second-order valence-corrected chi connectivity index (χ2v) is 9.22. The van der Waals surface area contributed by atoms with Gasteiger partial charge in [-0.05, 0) is 31.0 Å². The quantitative estimate of drug-likeness (QED) is 0.298. The number of piperidine rings is 1. The predicted molar refractivity (Wildman–Crippen MR) is 128 cm³/mol. The summed E-state index contributed by atoms with van der Waals surface area (Å²) in [5.74, 6) is -4.86. The minimum atomic E-state index is -4.72. The first-order valence-electron chi connectivity index (χ1n) is 11.8. The molecular formula is C27H21F6N3O2. The normalized spacial score (nSPS) is 16.3. The van der Waals surface area contributed by atoms with Gasteiger partial charge in [0.15, 0.2) is 0 Å². The van der Waals surface area contributed by atoms with Gasteiger partial charge in [0.2, 0.25) is 0 Å². The Morgan fingerprint density at radius 1 is 1.03 bits per heavy atom. The number of aromatic nitrogens is 2. The van der Waals surface area contributed by atoms with Gasteiger partial charge in [-0.15, -0.1) is 0 Å². The van der Waals surface area contributed by atoms with Gasteiger partial charge in [-0.25, -0.2) is 13.2 Å². The standard InChI is InChI=1S/C27H21F6N3O2/c28-17-11-22(29)20(23(30)12-17)14-36-25(19-4-1-5-21(24(19)34-36)27(31,32)33)15-6-8-18(9-7-15)35-10-2-3-16(13-35)26(37)38/h1,4-9,11-12,16H,2-3,10,13-14H2,(H,37,38). The van der Waals surface area contributed by atoms with E-state index in [9.17, 15) is 36.2 Å². The highest BCUT2D eigenvalue weighted by Gasteiger charge is 2.35. The molecule has 2 heterocycles. The van der Waals surface area contributed by atoms with Gasteiger partial charge in [0, 0.05) is 47.4 Å². The van der Waals surface area contributed by atoms with Crippen molar-refractivity contribution in [3.05, 3.63) is 83.2 Å². The van der Waals surface area contributed by atoms with E-state index >= 15 is 0 Å². The Kier molecular flexibility index (Phi) is 6.54. The molecule has 1 atom stereocenters. The van der Waals surface area contributed by atoms with Gasteiger partial charge in [0.25, 0.3) is 0 Å². The number of anilines is 1. The first kappa shape index (κ1) is 25.6. The van der Waals surface area contributed by atoms with Crippen LogP contribution in [0.3, 0.4) is 0 Å². The van der Waals surface area contributed by atoms with Crippen LogP contribution in [0.2, 0.25) is 0 Å². The lowest BCUT2D eigenvalue weighted by Crippen LogP contribution is -2.38. The molecule has 38 heavy (non-hydrogen) atoms. The molecule has 1 N–H and O–H groups in total. The number of hydrogen-bond acceptors (Lipinski definition) is 3. The monoisotopic (exact) mass is 533 g/mol. The van der Waals surface area contributed by atoms with Crippen LogP contribution in [0.25, 0.3) is 22.2 Å². The van der Waals surface area contributed by atoms with E-state index in [0.29, 0.717) is 43.6 Å². The molecular weight excluding hydrogens is 512 g/mol. The topological polar surface area (TPSA) is 58.4 Å². The summed E-state index contributed by atoms with van der Waals surface area (Å²) in [6.07, 6.45) is -3.45. The molecule has 1 fully saturated rings. The highest BCUT2D eigenvalue weighted by molar-refractivity contribution is 5.95. The van der Waals surface area contributed by atoms with Gasteiger partial charge in [-0.1, -0.05) is 24.3 Å². The summed E-state index contributed by atoms with van der Waals surface area (Å²) in [6.45, 7) is 0.406. The lowest BCUT2D eigenvalue weighted by molar-refractivity contribution is -0.142. The number of aliphatic carboxylic acids is 1. The van der Waals surface area contributed by atoms with Crippen LogP contribution in [-0.4, -0.2) is 33.9 Å². The number of carboxylic acid groups (broad SMARTS) is 1. The minimum Gasteiger partial charge on any atom is -0.481 e. The molecule has 1 aromatic heterocycles. The summed E-state index contributed by atoms with van der Waals surface area (Å²) in [5, 5.41) is 13.6. The number of rotatable bonds is 5. The summed E-state index contributed by atoms with van der Waals surface area (Å²) in [7, 11) is 0. The number of alkyl halides is 3. The van der Waals surface area contributed by atoms with Crippen molar-refractivity contribution in [3.63, 3.8) is 0 Å². The summed E-state index contributed by atoms with van der Waals surface area (Å²) < 4.78 is 84.7. The maximum atomic E-state index is 14.5. The second-order valence-electron chi connectivity index (χ2n) is 9.22. The largest absolute Gasteiger partial charge is 0.481 e. The van der Waals surface area contributed by atoms with Crippen LogP contribution < -0.4 is 4.90 Å². The third kappa shape index (κ3) is 4.80. The summed E-state index contributed by atoms with van der Waals surface area (Å²) in [5.41, 5.74) is -0.560. The molecule has 0 spiro atoms. The van der Waals surface area contributed by atoms with E-state index in [-0.39, 0.29) is 16.6 Å². The number of benzene rings is 3. The van der Waals surface area contributed by atoms with Crippen LogP contribution in [0.5, 0.6) is 0 Å². The third-order valence-electron chi connectivity index (χ3n) is 6.77. The lowest BCUT2D eigenvalue weighted by Gasteiger charge is -2.32. The number of hydrogen-bond donors (Lipinski definition) is 1. The average Bonchev–Trinajstić information content (AvgIpc) is 3.23. The highest BCUT2D eigenvalue weighted by atomic mass is 19.4. The third-order valence-corrected chi connectivity index (χ3v) is 6.77. The van der Waals surface area contributed by atoms with Gasteiger partial charge in [0.05, 0.1) is 23.7 Å². The van der Waals surface area contributed by atoms with E-state index in [1.807, 2.05) is 4.90 Å². The van der Waals surface area contributed by atoms with Gasteiger partial charge in [-0.3, -0.25) is 9.48 Å². The number of halogens is 6. The zero-order valence-electron chi connectivity index (χ0n) is 19.8. The zero-order valence-corrected chi connectivity index (χ0v) is 19.8. The number of carboxylic acids is 1. The smallest absolute Gasteiger partial charge is 0.418 e. The molecule has 1 aliphatic heterocycles. The van der Waals surface area contributed by atoms with Crippen molar-refractivity contribution in [2.24, 2.45) is 5.92 Å². The van der Waals surface area contributed by atoms with Gasteiger partial charge < -0.3 is 10.0 Å². The molecule has 1 aliphatic rings. The van der Waals surface area contributed by atoms with Gasteiger partial charge in [0.1, 0.15) is 23.0 Å². The van der Waals surface area contributed by atoms with Crippen molar-refractivity contribution in [3.8, 4) is 11.3 Å². The molecule has 1 unspecified atom stereocenters. The molecule has 0 amide bonds. The Bertz CT molecular complexity index is 1490. The van der Waals surface area contributed by atoms with Crippen LogP contribution in [0, 0.1) is 23.4 Å². The zero-order chi connectivity index (χ0) is 27.2. The molecule has 198 valence electrons.